The summed E-state index contributed by atoms with van der Waals surface area (Å²) in [5, 5.41) is 2.59. The highest BCUT2D eigenvalue weighted by molar-refractivity contribution is 7.91. The Bertz CT molecular complexity index is 1330. The third kappa shape index (κ3) is 5.83. The van der Waals surface area contributed by atoms with E-state index in [-0.39, 0.29) is 35.2 Å². The molecule has 2 aromatic carbocycles. The molecular weight excluding hydrogens is 473 g/mol. The van der Waals surface area contributed by atoms with E-state index in [9.17, 15) is 22.4 Å². The fraction of sp³-hybridized carbons (Fsp3) is 0.240. The Kier molecular flexibility index (Phi) is 7.11. The summed E-state index contributed by atoms with van der Waals surface area (Å²) in [7, 11) is -3.52. The van der Waals surface area contributed by atoms with Gasteiger partial charge in [0.15, 0.2) is 9.84 Å². The van der Waals surface area contributed by atoms with Gasteiger partial charge in [-0.25, -0.2) is 17.6 Å². The maximum Gasteiger partial charge on any atom is 0.414 e. The summed E-state index contributed by atoms with van der Waals surface area (Å²) in [4.78, 5) is 28.8. The van der Waals surface area contributed by atoms with Crippen LogP contribution in [0.15, 0.2) is 71.8 Å². The van der Waals surface area contributed by atoms with Crippen molar-refractivity contribution < 1.29 is 27.1 Å². The van der Waals surface area contributed by atoms with E-state index in [1.165, 1.54) is 36.1 Å². The van der Waals surface area contributed by atoms with Crippen molar-refractivity contribution in [2.45, 2.75) is 24.3 Å². The molecule has 0 radical (unpaired) electrons. The summed E-state index contributed by atoms with van der Waals surface area (Å²) >= 11 is 0. The molecule has 182 valence electrons. The largest absolute Gasteiger partial charge is 0.442 e. The summed E-state index contributed by atoms with van der Waals surface area (Å²) in [5.41, 5.74) is 1.80. The smallest absolute Gasteiger partial charge is 0.414 e. The van der Waals surface area contributed by atoms with Crippen molar-refractivity contribution in [3.63, 3.8) is 0 Å². The number of nitrogens with zero attached hydrogens (tertiary/aromatic N) is 2. The van der Waals surface area contributed by atoms with E-state index in [2.05, 4.69) is 10.3 Å². The molecule has 1 saturated heterocycles. The van der Waals surface area contributed by atoms with E-state index in [1.54, 1.807) is 42.6 Å². The predicted octanol–water partition coefficient (Wildman–Crippen LogP) is 3.37. The van der Waals surface area contributed by atoms with Crippen LogP contribution in [0.2, 0.25) is 0 Å². The van der Waals surface area contributed by atoms with Crippen LogP contribution in [0.1, 0.15) is 12.6 Å². The standard InChI is InChI=1S/C25H24FN3O5S/c1-17(30)28-15-21-16-29(25(31)34-21)20-7-10-23(24(26)14-20)18-5-8-22(9-6-18)35(32,33)13-11-19-4-2-3-12-27-19/h2-10,12,14,21H,11,13,15-16H2,1H3,(H,28,30)/t21-/m0/s1. The zero-order valence-electron chi connectivity index (χ0n) is 19.0. The SMILES string of the molecule is CC(=O)NC[C@H]1CN(c2ccc(-c3ccc(S(=O)(=O)CCc4ccccn4)cc3)c(F)c2)C(=O)O1. The molecule has 0 spiro atoms. The third-order valence-electron chi connectivity index (χ3n) is 5.59. The minimum atomic E-state index is -3.52. The average Bonchev–Trinajstić information content (AvgIpc) is 3.23. The number of benzene rings is 2. The number of nitrogens with one attached hydrogen (secondary N) is 1. The number of rotatable bonds is 8. The minimum Gasteiger partial charge on any atom is -0.442 e. The number of hydrogen-bond acceptors (Lipinski definition) is 6. The maximum absolute atomic E-state index is 14.9. The van der Waals surface area contributed by atoms with Gasteiger partial charge in [-0.2, -0.15) is 0 Å². The van der Waals surface area contributed by atoms with E-state index in [0.29, 0.717) is 23.4 Å². The average molecular weight is 498 g/mol. The fourth-order valence-electron chi connectivity index (χ4n) is 3.75. The maximum atomic E-state index is 14.9. The number of amides is 2. The van der Waals surface area contributed by atoms with Gasteiger partial charge in [-0.3, -0.25) is 14.7 Å². The van der Waals surface area contributed by atoms with Gasteiger partial charge in [0.1, 0.15) is 11.9 Å². The van der Waals surface area contributed by atoms with Crippen LogP contribution in [-0.4, -0.2) is 50.3 Å². The van der Waals surface area contributed by atoms with Crippen LogP contribution in [-0.2, 0) is 25.8 Å². The number of aryl methyl sites for hydroxylation is 1. The Morgan fingerprint density at radius 1 is 1.17 bits per heavy atom. The van der Waals surface area contributed by atoms with Gasteiger partial charge in [-0.1, -0.05) is 18.2 Å². The molecule has 0 saturated carbocycles. The van der Waals surface area contributed by atoms with E-state index >= 15 is 0 Å². The summed E-state index contributed by atoms with van der Waals surface area (Å²) in [6, 6.07) is 15.7. The van der Waals surface area contributed by atoms with E-state index in [4.69, 9.17) is 4.74 Å². The van der Waals surface area contributed by atoms with Gasteiger partial charge in [0.05, 0.1) is 29.4 Å². The van der Waals surface area contributed by atoms with Crippen LogP contribution in [0.5, 0.6) is 0 Å². The quantitative estimate of drug-likeness (QED) is 0.512. The number of halogens is 1. The van der Waals surface area contributed by atoms with Gasteiger partial charge in [0.2, 0.25) is 5.91 Å². The van der Waals surface area contributed by atoms with E-state index < -0.39 is 27.9 Å². The normalized spacial score (nSPS) is 15.7. The molecule has 1 aliphatic rings. The highest BCUT2D eigenvalue weighted by Gasteiger charge is 2.32. The summed E-state index contributed by atoms with van der Waals surface area (Å²) < 4.78 is 45.5. The Morgan fingerprint density at radius 2 is 1.94 bits per heavy atom. The molecule has 1 N–H and O–H groups in total. The van der Waals surface area contributed by atoms with Crippen molar-refractivity contribution in [1.82, 2.24) is 10.3 Å². The molecule has 0 bridgehead atoms. The van der Waals surface area contributed by atoms with Crippen molar-refractivity contribution in [3.05, 3.63) is 78.4 Å². The molecular formula is C25H24FN3O5S. The first-order valence-corrected chi connectivity index (χ1v) is 12.6. The number of carbonyl (C=O) groups excluding carboxylic acids is 2. The highest BCUT2D eigenvalue weighted by atomic mass is 32.2. The predicted molar refractivity (Wildman–Crippen MR) is 128 cm³/mol. The number of hydrogen-bond donors (Lipinski definition) is 1. The zero-order valence-corrected chi connectivity index (χ0v) is 19.8. The van der Waals surface area contributed by atoms with E-state index in [0.717, 1.165) is 0 Å². The number of cyclic esters (lactones) is 1. The summed E-state index contributed by atoms with van der Waals surface area (Å²) in [6.45, 7) is 1.73. The number of carbonyl (C=O) groups is 2. The molecule has 4 rings (SSSR count). The van der Waals surface area contributed by atoms with Gasteiger partial charge in [0, 0.05) is 30.8 Å². The fourth-order valence-corrected chi connectivity index (χ4v) is 5.01. The lowest BCUT2D eigenvalue weighted by molar-refractivity contribution is -0.119. The van der Waals surface area contributed by atoms with Gasteiger partial charge in [-0.05, 0) is 48.0 Å². The lowest BCUT2D eigenvalue weighted by Crippen LogP contribution is -2.33. The molecule has 2 heterocycles. The lowest BCUT2D eigenvalue weighted by Gasteiger charge is -2.15. The van der Waals surface area contributed by atoms with Crippen LogP contribution < -0.4 is 10.2 Å². The van der Waals surface area contributed by atoms with Gasteiger partial charge >= 0.3 is 6.09 Å². The summed E-state index contributed by atoms with van der Waals surface area (Å²) in [6.07, 6.45) is 0.771. The lowest BCUT2D eigenvalue weighted by atomic mass is 10.0. The van der Waals surface area contributed by atoms with Crippen molar-refractivity contribution in [2.75, 3.05) is 23.7 Å². The second-order valence-corrected chi connectivity index (χ2v) is 10.2. The van der Waals surface area contributed by atoms with Gasteiger partial charge in [-0.15, -0.1) is 0 Å². The molecule has 10 heteroatoms. The second kappa shape index (κ2) is 10.2. The molecule has 3 aromatic rings. The Hall–Kier alpha value is -3.79. The van der Waals surface area contributed by atoms with E-state index in [1.807, 2.05) is 0 Å². The monoisotopic (exact) mass is 497 g/mol. The molecule has 1 aromatic heterocycles. The number of anilines is 1. The first kappa shape index (κ1) is 24.3. The molecule has 35 heavy (non-hydrogen) atoms. The highest BCUT2D eigenvalue weighted by Crippen LogP contribution is 2.30. The number of aromatic nitrogens is 1. The van der Waals surface area contributed by atoms with Crippen molar-refractivity contribution in [1.29, 1.82) is 0 Å². The van der Waals surface area contributed by atoms with Crippen LogP contribution >= 0.6 is 0 Å². The number of sulfone groups is 1. The van der Waals surface area contributed by atoms with Gasteiger partial charge < -0.3 is 10.1 Å². The molecule has 0 unspecified atom stereocenters. The first-order valence-electron chi connectivity index (χ1n) is 11.0. The molecule has 1 aliphatic heterocycles. The summed E-state index contributed by atoms with van der Waals surface area (Å²) in [5.74, 6) is -0.880. The van der Waals surface area contributed by atoms with Crippen molar-refractivity contribution in [3.8, 4) is 11.1 Å². The zero-order chi connectivity index (χ0) is 25.0. The third-order valence-corrected chi connectivity index (χ3v) is 7.33. The van der Waals surface area contributed by atoms with Crippen molar-refractivity contribution >= 4 is 27.5 Å². The number of pyridine rings is 1. The first-order chi connectivity index (χ1) is 16.7. The van der Waals surface area contributed by atoms with Gasteiger partial charge in [0.25, 0.3) is 0 Å². The van der Waals surface area contributed by atoms with Crippen LogP contribution in [0, 0.1) is 5.82 Å². The molecule has 2 amide bonds. The van der Waals surface area contributed by atoms with Crippen LogP contribution in [0.3, 0.4) is 0 Å². The minimum absolute atomic E-state index is 0.0821. The molecule has 1 atom stereocenters. The second-order valence-electron chi connectivity index (χ2n) is 8.13. The Morgan fingerprint density at radius 3 is 2.60 bits per heavy atom. The van der Waals surface area contributed by atoms with Crippen LogP contribution in [0.4, 0.5) is 14.9 Å². The number of ether oxygens (including phenoxy) is 1. The topological polar surface area (TPSA) is 106 Å². The molecule has 8 nitrogen and oxygen atoms in total. The van der Waals surface area contributed by atoms with Crippen molar-refractivity contribution in [2.24, 2.45) is 0 Å². The van der Waals surface area contributed by atoms with Crippen LogP contribution in [0.25, 0.3) is 11.1 Å². The molecule has 1 fully saturated rings. The Balaban J connectivity index is 1.45. The molecule has 0 aliphatic carbocycles. The Labute approximate surface area is 202 Å².